The normalized spacial score (nSPS) is 20.7. The Balaban J connectivity index is 1.12. The van der Waals surface area contributed by atoms with Gasteiger partial charge in [0.2, 0.25) is 0 Å². The number of aryl methyl sites for hydroxylation is 1. The second kappa shape index (κ2) is 10.0. The molecule has 0 bridgehead atoms. The van der Waals surface area contributed by atoms with E-state index in [2.05, 4.69) is 82.3 Å². The summed E-state index contributed by atoms with van der Waals surface area (Å²) < 4.78 is 0. The highest BCUT2D eigenvalue weighted by molar-refractivity contribution is 5.81. The average molecular weight is 429 g/mol. The van der Waals surface area contributed by atoms with Gasteiger partial charge in [-0.25, -0.2) is 4.98 Å². The van der Waals surface area contributed by atoms with Crippen LogP contribution in [0.2, 0.25) is 0 Å². The van der Waals surface area contributed by atoms with Gasteiger partial charge in [-0.2, -0.15) is 0 Å². The predicted octanol–water partition coefficient (Wildman–Crippen LogP) is 4.62. The molecule has 3 aromatic rings. The van der Waals surface area contributed by atoms with Crippen LogP contribution < -0.4 is 4.90 Å². The Morgan fingerprint density at radius 3 is 2.50 bits per heavy atom. The monoisotopic (exact) mass is 428 g/mol. The van der Waals surface area contributed by atoms with Crippen LogP contribution in [-0.4, -0.2) is 67.1 Å². The third-order valence-electron chi connectivity index (χ3n) is 7.24. The van der Waals surface area contributed by atoms with Gasteiger partial charge in [0.15, 0.2) is 0 Å². The average Bonchev–Trinajstić information content (AvgIpc) is 2.84. The van der Waals surface area contributed by atoms with Crippen molar-refractivity contribution in [3.8, 4) is 0 Å². The summed E-state index contributed by atoms with van der Waals surface area (Å²) in [7, 11) is 0. The Bertz CT molecular complexity index is 1010. The number of nitrogens with zero attached hydrogens (tertiary/aromatic N) is 4. The van der Waals surface area contributed by atoms with E-state index < -0.39 is 0 Å². The van der Waals surface area contributed by atoms with Gasteiger partial charge in [-0.3, -0.25) is 4.90 Å². The van der Waals surface area contributed by atoms with Gasteiger partial charge in [-0.15, -0.1) is 0 Å². The first-order valence-electron chi connectivity index (χ1n) is 12.3. The Hall–Kier alpha value is -2.43. The summed E-state index contributed by atoms with van der Waals surface area (Å²) in [6, 6.07) is 21.7. The van der Waals surface area contributed by atoms with Crippen LogP contribution in [0.15, 0.2) is 60.7 Å². The van der Waals surface area contributed by atoms with Crippen LogP contribution in [0.3, 0.4) is 0 Å². The van der Waals surface area contributed by atoms with Gasteiger partial charge in [0.05, 0.1) is 5.52 Å². The van der Waals surface area contributed by atoms with Crippen LogP contribution in [0.4, 0.5) is 5.82 Å². The molecule has 0 aliphatic carbocycles. The number of hydrogen-bond acceptors (Lipinski definition) is 4. The van der Waals surface area contributed by atoms with Crippen molar-refractivity contribution in [1.82, 2.24) is 14.8 Å². The zero-order chi connectivity index (χ0) is 21.8. The van der Waals surface area contributed by atoms with Crippen LogP contribution in [0, 0.1) is 12.8 Å². The molecule has 2 saturated heterocycles. The fourth-order valence-electron chi connectivity index (χ4n) is 5.47. The highest BCUT2D eigenvalue weighted by Crippen LogP contribution is 2.25. The number of piperidine rings is 1. The molecule has 0 unspecified atom stereocenters. The molecule has 32 heavy (non-hydrogen) atoms. The highest BCUT2D eigenvalue weighted by Gasteiger charge is 2.25. The minimum atomic E-state index is 0.812. The van der Waals surface area contributed by atoms with E-state index in [1.165, 1.54) is 67.8 Å². The van der Waals surface area contributed by atoms with Crippen molar-refractivity contribution in [1.29, 1.82) is 0 Å². The van der Waals surface area contributed by atoms with Crippen LogP contribution >= 0.6 is 0 Å². The van der Waals surface area contributed by atoms with E-state index in [0.717, 1.165) is 37.6 Å². The molecule has 0 saturated carbocycles. The minimum Gasteiger partial charge on any atom is -0.354 e. The maximum atomic E-state index is 5.00. The molecule has 2 fully saturated rings. The van der Waals surface area contributed by atoms with Crippen molar-refractivity contribution in [2.24, 2.45) is 5.92 Å². The van der Waals surface area contributed by atoms with Gasteiger partial charge in [-0.05, 0) is 61.9 Å². The van der Waals surface area contributed by atoms with Gasteiger partial charge >= 0.3 is 0 Å². The van der Waals surface area contributed by atoms with E-state index in [0.29, 0.717) is 0 Å². The van der Waals surface area contributed by atoms with Crippen molar-refractivity contribution in [3.63, 3.8) is 0 Å². The number of para-hydroxylation sites is 1. The van der Waals surface area contributed by atoms with E-state index in [-0.39, 0.29) is 0 Å². The van der Waals surface area contributed by atoms with E-state index in [1.807, 2.05) is 0 Å². The predicted molar refractivity (Wildman–Crippen MR) is 134 cm³/mol. The standard InChI is InChI=1S/C28H36N4/c1-23-20-26-11-5-6-12-27(26)29-28(23)32-18-16-31(17-19-32)22-25-10-7-14-30(21-25)15-13-24-8-3-2-4-9-24/h2-6,8-9,11-12,20,25H,7,10,13-19,21-22H2,1H3/t25-/m1/s1. The van der Waals surface area contributed by atoms with Crippen molar-refractivity contribution in [3.05, 3.63) is 71.8 Å². The summed E-state index contributed by atoms with van der Waals surface area (Å²) in [5.74, 6) is 1.99. The van der Waals surface area contributed by atoms with Gasteiger partial charge in [0.25, 0.3) is 0 Å². The second-order valence-electron chi connectivity index (χ2n) is 9.65. The van der Waals surface area contributed by atoms with E-state index in [9.17, 15) is 0 Å². The Morgan fingerprint density at radius 2 is 1.66 bits per heavy atom. The Kier molecular flexibility index (Phi) is 6.70. The van der Waals surface area contributed by atoms with Crippen LogP contribution in [0.5, 0.6) is 0 Å². The molecule has 168 valence electrons. The number of aromatic nitrogens is 1. The number of anilines is 1. The molecule has 0 radical (unpaired) electrons. The van der Waals surface area contributed by atoms with Crippen LogP contribution in [0.1, 0.15) is 24.0 Å². The van der Waals surface area contributed by atoms with E-state index in [4.69, 9.17) is 4.98 Å². The van der Waals surface area contributed by atoms with E-state index in [1.54, 1.807) is 0 Å². The zero-order valence-electron chi connectivity index (χ0n) is 19.4. The van der Waals surface area contributed by atoms with Gasteiger partial charge in [-0.1, -0.05) is 48.5 Å². The van der Waals surface area contributed by atoms with Crippen LogP contribution in [0.25, 0.3) is 10.9 Å². The first kappa shape index (κ1) is 21.4. The lowest BCUT2D eigenvalue weighted by molar-refractivity contribution is 0.130. The van der Waals surface area contributed by atoms with Gasteiger partial charge in [0.1, 0.15) is 5.82 Å². The van der Waals surface area contributed by atoms with Gasteiger partial charge in [0, 0.05) is 51.2 Å². The number of piperazine rings is 1. The first-order valence-corrected chi connectivity index (χ1v) is 12.3. The molecule has 5 rings (SSSR count). The molecule has 3 heterocycles. The summed E-state index contributed by atoms with van der Waals surface area (Å²) in [5.41, 5.74) is 3.86. The molecule has 0 amide bonds. The quantitative estimate of drug-likeness (QED) is 0.571. The zero-order valence-corrected chi connectivity index (χ0v) is 19.4. The lowest BCUT2D eigenvalue weighted by Crippen LogP contribution is -2.50. The number of pyridine rings is 1. The molecule has 2 aliphatic rings. The maximum Gasteiger partial charge on any atom is 0.132 e. The molecule has 2 aliphatic heterocycles. The molecule has 1 aromatic heterocycles. The van der Waals surface area contributed by atoms with Crippen molar-refractivity contribution in [2.75, 3.05) is 57.3 Å². The summed E-state index contributed by atoms with van der Waals surface area (Å²) in [6.45, 7) is 11.6. The molecule has 2 aromatic carbocycles. The fraction of sp³-hybridized carbons (Fsp3) is 0.464. The van der Waals surface area contributed by atoms with E-state index >= 15 is 0 Å². The number of fused-ring (bicyclic) bond motifs is 1. The molecule has 1 atom stereocenters. The lowest BCUT2D eigenvalue weighted by atomic mass is 9.96. The number of hydrogen-bond donors (Lipinski definition) is 0. The fourth-order valence-corrected chi connectivity index (χ4v) is 5.47. The number of rotatable bonds is 6. The third-order valence-corrected chi connectivity index (χ3v) is 7.24. The van der Waals surface area contributed by atoms with Crippen molar-refractivity contribution < 1.29 is 0 Å². The lowest BCUT2D eigenvalue weighted by Gasteiger charge is -2.40. The third kappa shape index (κ3) is 5.13. The SMILES string of the molecule is Cc1cc2ccccc2nc1N1CCN(C[C@@H]2CCCN(CCc3ccccc3)C2)CC1. The molecular formula is C28H36N4. The molecule has 4 heteroatoms. The van der Waals surface area contributed by atoms with Crippen LogP contribution in [-0.2, 0) is 6.42 Å². The summed E-state index contributed by atoms with van der Waals surface area (Å²) in [6.07, 6.45) is 3.90. The Labute approximate surface area is 192 Å². The molecule has 0 N–H and O–H groups in total. The molecule has 4 nitrogen and oxygen atoms in total. The van der Waals surface area contributed by atoms with Gasteiger partial charge < -0.3 is 9.80 Å². The van der Waals surface area contributed by atoms with Crippen molar-refractivity contribution >= 4 is 16.7 Å². The number of benzene rings is 2. The number of likely N-dealkylation sites (tertiary alicyclic amines) is 1. The maximum absolute atomic E-state index is 5.00. The largest absolute Gasteiger partial charge is 0.354 e. The highest BCUT2D eigenvalue weighted by atomic mass is 15.3. The summed E-state index contributed by atoms with van der Waals surface area (Å²) in [4.78, 5) is 12.9. The van der Waals surface area contributed by atoms with Crippen molar-refractivity contribution in [2.45, 2.75) is 26.2 Å². The summed E-state index contributed by atoms with van der Waals surface area (Å²) >= 11 is 0. The second-order valence-corrected chi connectivity index (χ2v) is 9.65. The minimum absolute atomic E-state index is 0.812. The topological polar surface area (TPSA) is 22.6 Å². The summed E-state index contributed by atoms with van der Waals surface area (Å²) in [5, 5.41) is 1.24. The first-order chi connectivity index (χ1) is 15.7. The smallest absolute Gasteiger partial charge is 0.132 e. The Morgan fingerprint density at radius 1 is 0.875 bits per heavy atom. The molecular weight excluding hydrogens is 392 g/mol. The molecule has 0 spiro atoms.